The van der Waals surface area contributed by atoms with Crippen LogP contribution in [0.25, 0.3) is 0 Å². The molecule has 2 unspecified atom stereocenters. The molecule has 0 aliphatic carbocycles. The zero-order valence-electron chi connectivity index (χ0n) is 42.3. The Hall–Kier alpha value is -1.66. The van der Waals surface area contributed by atoms with E-state index >= 15 is 0 Å². The first kappa shape index (κ1) is 61.3. The van der Waals surface area contributed by atoms with Crippen LogP contribution in [0.1, 0.15) is 303 Å². The van der Waals surface area contributed by atoms with Gasteiger partial charge in [0.25, 0.3) is 0 Å². The molecule has 0 saturated carbocycles. The highest BCUT2D eigenvalue weighted by Crippen LogP contribution is 2.17. The molecule has 0 spiro atoms. The van der Waals surface area contributed by atoms with Gasteiger partial charge in [0.15, 0.2) is 0 Å². The number of carbonyl (C=O) groups excluding carboxylic acids is 2. The molecule has 0 radical (unpaired) electrons. The number of allylic oxidation sites excluding steroid dienone is 3. The van der Waals surface area contributed by atoms with E-state index in [9.17, 15) is 19.8 Å². The Morgan fingerprint density at radius 2 is 0.746 bits per heavy atom. The smallest absolute Gasteiger partial charge is 0.305 e. The van der Waals surface area contributed by atoms with Crippen LogP contribution in [0.5, 0.6) is 0 Å². The van der Waals surface area contributed by atoms with Gasteiger partial charge in [-0.2, -0.15) is 0 Å². The molecule has 63 heavy (non-hydrogen) atoms. The minimum absolute atomic E-state index is 0.0197. The molecule has 6 heteroatoms. The molecule has 3 N–H and O–H groups in total. The monoisotopic (exact) mass is 888 g/mol. The molecule has 2 atom stereocenters. The van der Waals surface area contributed by atoms with Gasteiger partial charge in [-0.05, 0) is 57.8 Å². The van der Waals surface area contributed by atoms with Crippen LogP contribution in [0.2, 0.25) is 0 Å². The van der Waals surface area contributed by atoms with Crippen molar-refractivity contribution in [2.24, 2.45) is 0 Å². The third-order valence-corrected chi connectivity index (χ3v) is 13.0. The first-order valence-electron chi connectivity index (χ1n) is 28.1. The maximum atomic E-state index is 12.5. The number of amides is 1. The Morgan fingerprint density at radius 3 is 1.14 bits per heavy atom. The number of aliphatic hydroxyl groups excluding tert-OH is 2. The van der Waals surface area contributed by atoms with E-state index in [-0.39, 0.29) is 18.5 Å². The maximum Gasteiger partial charge on any atom is 0.305 e. The second kappa shape index (κ2) is 53.0. The van der Waals surface area contributed by atoms with Crippen molar-refractivity contribution in [1.82, 2.24) is 5.32 Å². The lowest BCUT2D eigenvalue weighted by Crippen LogP contribution is -2.45. The van der Waals surface area contributed by atoms with Crippen LogP contribution in [0, 0.1) is 0 Å². The average molecular weight is 889 g/mol. The van der Waals surface area contributed by atoms with E-state index in [1.54, 1.807) is 6.08 Å². The fourth-order valence-electron chi connectivity index (χ4n) is 8.63. The van der Waals surface area contributed by atoms with Gasteiger partial charge in [0.2, 0.25) is 5.91 Å². The number of hydrogen-bond donors (Lipinski definition) is 3. The standard InChI is InChI=1S/C57H109NO5/c1-3-5-7-9-11-13-15-17-18-19-20-21-22-23-24-26-29-33-37-41-45-49-55(60)54(53-59)58-56(61)50-46-42-38-34-30-27-28-32-36-40-44-48-52-63-57(62)51-47-43-39-35-31-25-16-14-12-10-8-6-4-2/h14,16,45,49,54-55,59-60H,3-13,15,17-44,46-48,50-53H2,1-2H3,(H,58,61)/b16-14-,49-45+. The largest absolute Gasteiger partial charge is 0.466 e. The van der Waals surface area contributed by atoms with Gasteiger partial charge in [-0.3, -0.25) is 9.59 Å². The predicted octanol–water partition coefficient (Wildman–Crippen LogP) is 17.1. The quantitative estimate of drug-likeness (QED) is 0.0321. The molecule has 0 aliphatic rings. The SMILES string of the molecule is CCCCCC/C=C\CCCCCCCC(=O)OCCCCCCCCCCCCCCC(=O)NC(CO)C(O)/C=C/CCCCCCCCCCCCCCCCCCCCC. The van der Waals surface area contributed by atoms with Crippen molar-refractivity contribution in [1.29, 1.82) is 0 Å². The summed E-state index contributed by atoms with van der Waals surface area (Å²) in [4.78, 5) is 24.5. The summed E-state index contributed by atoms with van der Waals surface area (Å²) in [5, 5.41) is 23.1. The highest BCUT2D eigenvalue weighted by Gasteiger charge is 2.18. The molecule has 6 nitrogen and oxygen atoms in total. The molecular weight excluding hydrogens is 779 g/mol. The second-order valence-electron chi connectivity index (χ2n) is 19.3. The average Bonchev–Trinajstić information content (AvgIpc) is 3.28. The molecule has 0 saturated heterocycles. The minimum atomic E-state index is -0.855. The molecule has 0 fully saturated rings. The van der Waals surface area contributed by atoms with Gasteiger partial charge in [0.1, 0.15) is 0 Å². The Kier molecular flexibility index (Phi) is 51.6. The van der Waals surface area contributed by atoms with E-state index in [1.165, 1.54) is 218 Å². The number of hydrogen-bond acceptors (Lipinski definition) is 5. The first-order chi connectivity index (χ1) is 31.0. The summed E-state index contributed by atoms with van der Waals surface area (Å²) in [5.41, 5.74) is 0. The van der Waals surface area contributed by atoms with Crippen molar-refractivity contribution in [3.8, 4) is 0 Å². The summed E-state index contributed by atoms with van der Waals surface area (Å²) in [5.74, 6) is -0.101. The van der Waals surface area contributed by atoms with Gasteiger partial charge in [0, 0.05) is 12.8 Å². The highest BCUT2D eigenvalue weighted by atomic mass is 16.5. The van der Waals surface area contributed by atoms with E-state index in [1.807, 2.05) is 6.08 Å². The molecule has 0 aromatic heterocycles. The summed E-state index contributed by atoms with van der Waals surface area (Å²) in [6, 6.07) is -0.640. The summed E-state index contributed by atoms with van der Waals surface area (Å²) in [7, 11) is 0. The third kappa shape index (κ3) is 49.6. The van der Waals surface area contributed by atoms with Crippen molar-refractivity contribution >= 4 is 11.9 Å². The molecule has 0 aliphatic heterocycles. The fourth-order valence-corrected chi connectivity index (χ4v) is 8.63. The normalized spacial score (nSPS) is 12.8. The zero-order valence-corrected chi connectivity index (χ0v) is 42.3. The fraction of sp³-hybridized carbons (Fsp3) is 0.895. The van der Waals surface area contributed by atoms with Crippen LogP contribution in [0.4, 0.5) is 0 Å². The summed E-state index contributed by atoms with van der Waals surface area (Å²) in [6.07, 6.45) is 63.3. The minimum Gasteiger partial charge on any atom is -0.466 e. The molecule has 372 valence electrons. The van der Waals surface area contributed by atoms with Gasteiger partial charge in [-0.1, -0.05) is 256 Å². The lowest BCUT2D eigenvalue weighted by molar-refractivity contribution is -0.143. The first-order valence-corrected chi connectivity index (χ1v) is 28.1. The number of rotatable bonds is 52. The number of unbranched alkanes of at least 4 members (excludes halogenated alkanes) is 39. The van der Waals surface area contributed by atoms with Crippen LogP contribution in [0.3, 0.4) is 0 Å². The molecule has 1 amide bonds. The van der Waals surface area contributed by atoms with Crippen molar-refractivity contribution in [2.75, 3.05) is 13.2 Å². The van der Waals surface area contributed by atoms with E-state index in [4.69, 9.17) is 4.74 Å². The van der Waals surface area contributed by atoms with E-state index in [0.717, 1.165) is 57.8 Å². The van der Waals surface area contributed by atoms with Gasteiger partial charge >= 0.3 is 5.97 Å². The highest BCUT2D eigenvalue weighted by molar-refractivity contribution is 5.76. The molecule has 0 aromatic carbocycles. The lowest BCUT2D eigenvalue weighted by Gasteiger charge is -2.20. The zero-order chi connectivity index (χ0) is 45.8. The number of carbonyl (C=O) groups is 2. The van der Waals surface area contributed by atoms with Crippen LogP contribution in [0.15, 0.2) is 24.3 Å². The third-order valence-electron chi connectivity index (χ3n) is 13.0. The van der Waals surface area contributed by atoms with E-state index in [2.05, 4.69) is 31.3 Å². The lowest BCUT2D eigenvalue weighted by atomic mass is 10.0. The van der Waals surface area contributed by atoms with Gasteiger partial charge < -0.3 is 20.3 Å². The van der Waals surface area contributed by atoms with Crippen LogP contribution >= 0.6 is 0 Å². The van der Waals surface area contributed by atoms with Crippen molar-refractivity contribution < 1.29 is 24.5 Å². The second-order valence-corrected chi connectivity index (χ2v) is 19.3. The van der Waals surface area contributed by atoms with Crippen LogP contribution < -0.4 is 5.32 Å². The predicted molar refractivity (Wildman–Crippen MR) is 273 cm³/mol. The summed E-state index contributed by atoms with van der Waals surface area (Å²) < 4.78 is 5.45. The molecule has 0 heterocycles. The van der Waals surface area contributed by atoms with Crippen LogP contribution in [-0.4, -0.2) is 47.4 Å². The molecular formula is C57H109NO5. The number of ether oxygens (including phenoxy) is 1. The summed E-state index contributed by atoms with van der Waals surface area (Å²) >= 11 is 0. The summed E-state index contributed by atoms with van der Waals surface area (Å²) in [6.45, 7) is 4.86. The van der Waals surface area contributed by atoms with Gasteiger partial charge in [-0.25, -0.2) is 0 Å². The Labute approximate surface area is 392 Å². The Morgan fingerprint density at radius 1 is 0.429 bits per heavy atom. The Balaban J connectivity index is 3.50. The molecule has 0 aromatic rings. The Bertz CT molecular complexity index is 982. The van der Waals surface area contributed by atoms with Crippen LogP contribution in [-0.2, 0) is 14.3 Å². The number of esters is 1. The van der Waals surface area contributed by atoms with E-state index < -0.39 is 12.1 Å². The topological polar surface area (TPSA) is 95.9 Å². The van der Waals surface area contributed by atoms with Gasteiger partial charge in [0.05, 0.1) is 25.4 Å². The molecule has 0 rings (SSSR count). The van der Waals surface area contributed by atoms with E-state index in [0.29, 0.717) is 19.4 Å². The molecule has 0 bridgehead atoms. The number of aliphatic hydroxyl groups is 2. The van der Waals surface area contributed by atoms with Gasteiger partial charge in [-0.15, -0.1) is 0 Å². The number of nitrogens with one attached hydrogen (secondary N) is 1. The maximum absolute atomic E-state index is 12.5. The van der Waals surface area contributed by atoms with Crippen molar-refractivity contribution in [2.45, 2.75) is 315 Å². The van der Waals surface area contributed by atoms with Crippen molar-refractivity contribution in [3.05, 3.63) is 24.3 Å². The van der Waals surface area contributed by atoms with Crippen molar-refractivity contribution in [3.63, 3.8) is 0 Å².